The van der Waals surface area contributed by atoms with Crippen molar-refractivity contribution >= 4 is 11.8 Å². The van der Waals surface area contributed by atoms with E-state index in [1.807, 2.05) is 32.0 Å². The standard InChI is InChI=1S/C29H44N4O2/c1-21(2)10-8-18-31-28(34)26(30)13-9-19-32-29(35)27(33-22(3)4)20-23-14-16-25(17-15-23)24-11-6-5-7-12-24/h5-7,11-12,14-17,21-22,26-27,33H,8-10,13,18-20,30H2,1-4H3,(H,31,34)(H,32,35)/t26-,27+/m1/s1. The zero-order chi connectivity index (χ0) is 25.6. The molecule has 0 aliphatic heterocycles. The van der Waals surface area contributed by atoms with Gasteiger partial charge in [-0.05, 0) is 54.7 Å². The molecular formula is C29H44N4O2. The van der Waals surface area contributed by atoms with E-state index in [0.717, 1.165) is 24.0 Å². The van der Waals surface area contributed by atoms with Crippen LogP contribution in [0, 0.1) is 5.92 Å². The first-order valence-corrected chi connectivity index (χ1v) is 13.0. The van der Waals surface area contributed by atoms with Gasteiger partial charge in [0.2, 0.25) is 11.8 Å². The predicted octanol–water partition coefficient (Wildman–Crippen LogP) is 4.04. The van der Waals surface area contributed by atoms with Crippen molar-refractivity contribution in [2.24, 2.45) is 11.7 Å². The summed E-state index contributed by atoms with van der Waals surface area (Å²) >= 11 is 0. The van der Waals surface area contributed by atoms with Crippen LogP contribution in [0.4, 0.5) is 0 Å². The highest BCUT2D eigenvalue weighted by atomic mass is 16.2. The second-order valence-electron chi connectivity index (χ2n) is 10.0. The Labute approximate surface area is 211 Å². The van der Waals surface area contributed by atoms with Crippen LogP contribution in [-0.4, -0.2) is 43.0 Å². The van der Waals surface area contributed by atoms with Crippen molar-refractivity contribution in [3.63, 3.8) is 0 Å². The zero-order valence-corrected chi connectivity index (χ0v) is 21.8. The minimum Gasteiger partial charge on any atom is -0.355 e. The van der Waals surface area contributed by atoms with Crippen molar-refractivity contribution in [3.05, 3.63) is 60.2 Å². The van der Waals surface area contributed by atoms with Crippen LogP contribution in [0.5, 0.6) is 0 Å². The number of rotatable bonds is 15. The molecule has 2 rings (SSSR count). The molecule has 0 saturated heterocycles. The van der Waals surface area contributed by atoms with Gasteiger partial charge in [0.05, 0.1) is 12.1 Å². The molecule has 0 aliphatic carbocycles. The van der Waals surface area contributed by atoms with Gasteiger partial charge in [0.15, 0.2) is 0 Å². The van der Waals surface area contributed by atoms with Crippen molar-refractivity contribution in [1.29, 1.82) is 0 Å². The van der Waals surface area contributed by atoms with Crippen molar-refractivity contribution < 1.29 is 9.59 Å². The second-order valence-corrected chi connectivity index (χ2v) is 10.0. The fraction of sp³-hybridized carbons (Fsp3) is 0.517. The van der Waals surface area contributed by atoms with Crippen LogP contribution in [0.25, 0.3) is 11.1 Å². The maximum absolute atomic E-state index is 12.9. The molecule has 0 spiro atoms. The maximum Gasteiger partial charge on any atom is 0.237 e. The number of carbonyl (C=O) groups excluding carboxylic acids is 2. The molecule has 2 atom stereocenters. The lowest BCUT2D eigenvalue weighted by Crippen LogP contribution is -2.48. The molecule has 6 heteroatoms. The molecule has 0 heterocycles. The van der Waals surface area contributed by atoms with Crippen LogP contribution in [0.2, 0.25) is 0 Å². The molecule has 35 heavy (non-hydrogen) atoms. The molecule has 192 valence electrons. The molecule has 0 saturated carbocycles. The fourth-order valence-corrected chi connectivity index (χ4v) is 3.97. The van der Waals surface area contributed by atoms with Crippen molar-refractivity contribution in [1.82, 2.24) is 16.0 Å². The topological polar surface area (TPSA) is 96.2 Å². The molecular weight excluding hydrogens is 436 g/mol. The van der Waals surface area contributed by atoms with Crippen LogP contribution < -0.4 is 21.7 Å². The summed E-state index contributed by atoms with van der Waals surface area (Å²) in [6.45, 7) is 9.58. The number of nitrogens with one attached hydrogen (secondary N) is 3. The minimum atomic E-state index is -0.543. The molecule has 6 nitrogen and oxygen atoms in total. The van der Waals surface area contributed by atoms with Crippen LogP contribution in [0.1, 0.15) is 58.9 Å². The average Bonchev–Trinajstić information content (AvgIpc) is 2.84. The largest absolute Gasteiger partial charge is 0.355 e. The van der Waals surface area contributed by atoms with Crippen LogP contribution in [0.3, 0.4) is 0 Å². The van der Waals surface area contributed by atoms with Gasteiger partial charge in [-0.25, -0.2) is 0 Å². The highest BCUT2D eigenvalue weighted by molar-refractivity contribution is 5.82. The number of hydrogen-bond donors (Lipinski definition) is 4. The van der Waals surface area contributed by atoms with E-state index in [9.17, 15) is 9.59 Å². The van der Waals surface area contributed by atoms with Gasteiger partial charge in [-0.2, -0.15) is 0 Å². The smallest absolute Gasteiger partial charge is 0.237 e. The Morgan fingerprint density at radius 3 is 1.94 bits per heavy atom. The third-order valence-corrected chi connectivity index (χ3v) is 5.94. The Morgan fingerprint density at radius 1 is 0.771 bits per heavy atom. The monoisotopic (exact) mass is 480 g/mol. The lowest BCUT2D eigenvalue weighted by Gasteiger charge is -2.21. The Kier molecular flexibility index (Phi) is 12.5. The van der Waals surface area contributed by atoms with E-state index in [0.29, 0.717) is 38.3 Å². The van der Waals surface area contributed by atoms with Crippen molar-refractivity contribution in [2.75, 3.05) is 13.1 Å². The summed E-state index contributed by atoms with van der Waals surface area (Å²) in [5, 5.41) is 9.30. The van der Waals surface area contributed by atoms with Gasteiger partial charge in [-0.1, -0.05) is 82.3 Å². The van der Waals surface area contributed by atoms with Gasteiger partial charge in [-0.15, -0.1) is 0 Å². The SMILES string of the molecule is CC(C)CCCNC(=O)[C@H](N)CCCNC(=O)[C@H](Cc1ccc(-c2ccccc2)cc1)NC(C)C. The lowest BCUT2D eigenvalue weighted by molar-refractivity contribution is -0.123. The highest BCUT2D eigenvalue weighted by Crippen LogP contribution is 2.19. The van der Waals surface area contributed by atoms with Gasteiger partial charge >= 0.3 is 0 Å². The summed E-state index contributed by atoms with van der Waals surface area (Å²) in [7, 11) is 0. The number of benzene rings is 2. The van der Waals surface area contributed by atoms with Crippen LogP contribution >= 0.6 is 0 Å². The molecule has 5 N–H and O–H groups in total. The normalized spacial score (nSPS) is 13.0. The molecule has 0 aliphatic rings. The van der Waals surface area contributed by atoms with E-state index in [1.54, 1.807) is 0 Å². The van der Waals surface area contributed by atoms with E-state index in [-0.39, 0.29) is 23.9 Å². The fourth-order valence-electron chi connectivity index (χ4n) is 3.97. The van der Waals surface area contributed by atoms with E-state index in [2.05, 4.69) is 66.2 Å². The van der Waals surface area contributed by atoms with E-state index < -0.39 is 6.04 Å². The number of hydrogen-bond acceptors (Lipinski definition) is 4. The van der Waals surface area contributed by atoms with Crippen LogP contribution in [-0.2, 0) is 16.0 Å². The van der Waals surface area contributed by atoms with E-state index in [4.69, 9.17) is 5.73 Å². The average molecular weight is 481 g/mol. The molecule has 0 radical (unpaired) electrons. The summed E-state index contributed by atoms with van der Waals surface area (Å²) in [5.74, 6) is 0.489. The predicted molar refractivity (Wildman–Crippen MR) is 145 cm³/mol. The van der Waals surface area contributed by atoms with E-state index in [1.165, 1.54) is 5.56 Å². The first-order chi connectivity index (χ1) is 16.8. The summed E-state index contributed by atoms with van der Waals surface area (Å²) in [6, 6.07) is 17.9. The Hall–Kier alpha value is -2.70. The quantitative estimate of drug-likeness (QED) is 0.289. The summed E-state index contributed by atoms with van der Waals surface area (Å²) in [6.07, 6.45) is 3.86. The Morgan fingerprint density at radius 2 is 1.34 bits per heavy atom. The molecule has 0 fully saturated rings. The molecule has 2 amide bonds. The summed E-state index contributed by atoms with van der Waals surface area (Å²) < 4.78 is 0. The van der Waals surface area contributed by atoms with Gasteiger partial charge in [0, 0.05) is 19.1 Å². The molecule has 0 unspecified atom stereocenters. The minimum absolute atomic E-state index is 0.0301. The molecule has 0 bridgehead atoms. The molecule has 2 aromatic carbocycles. The Bertz CT molecular complexity index is 881. The maximum atomic E-state index is 12.9. The second kappa shape index (κ2) is 15.3. The number of carbonyl (C=O) groups is 2. The third-order valence-electron chi connectivity index (χ3n) is 5.94. The molecule has 0 aromatic heterocycles. The van der Waals surface area contributed by atoms with Gasteiger partial charge < -0.3 is 21.7 Å². The van der Waals surface area contributed by atoms with Crippen molar-refractivity contribution in [2.45, 2.75) is 77.9 Å². The zero-order valence-electron chi connectivity index (χ0n) is 21.8. The van der Waals surface area contributed by atoms with Crippen molar-refractivity contribution in [3.8, 4) is 11.1 Å². The number of nitrogens with two attached hydrogens (primary N) is 1. The molecule has 2 aromatic rings. The van der Waals surface area contributed by atoms with Gasteiger partial charge in [0.25, 0.3) is 0 Å². The first-order valence-electron chi connectivity index (χ1n) is 13.0. The van der Waals surface area contributed by atoms with Gasteiger partial charge in [0.1, 0.15) is 0 Å². The lowest BCUT2D eigenvalue weighted by atomic mass is 10.00. The van der Waals surface area contributed by atoms with E-state index >= 15 is 0 Å². The first kappa shape index (κ1) is 28.5. The van der Waals surface area contributed by atoms with Crippen LogP contribution in [0.15, 0.2) is 54.6 Å². The summed E-state index contributed by atoms with van der Waals surface area (Å²) in [4.78, 5) is 25.0. The van der Waals surface area contributed by atoms with Gasteiger partial charge in [-0.3, -0.25) is 9.59 Å². The Balaban J connectivity index is 1.79. The third kappa shape index (κ3) is 11.1. The number of amides is 2. The highest BCUT2D eigenvalue weighted by Gasteiger charge is 2.20. The summed E-state index contributed by atoms with van der Waals surface area (Å²) in [5.41, 5.74) is 9.46.